The lowest BCUT2D eigenvalue weighted by Gasteiger charge is -2.15. The van der Waals surface area contributed by atoms with Crippen LogP contribution in [-0.4, -0.2) is 34.0 Å². The summed E-state index contributed by atoms with van der Waals surface area (Å²) in [5.74, 6) is -3.93. The molecule has 0 atom stereocenters. The topological polar surface area (TPSA) is 112 Å². The first-order valence-electron chi connectivity index (χ1n) is 5.49. The fourth-order valence-electron chi connectivity index (χ4n) is 1.82. The van der Waals surface area contributed by atoms with E-state index in [0.29, 0.717) is 0 Å². The second-order valence-corrected chi connectivity index (χ2v) is 4.19. The van der Waals surface area contributed by atoms with Crippen LogP contribution in [0.3, 0.4) is 0 Å². The van der Waals surface area contributed by atoms with Gasteiger partial charge in [-0.3, -0.25) is 9.59 Å². The van der Waals surface area contributed by atoms with Gasteiger partial charge in [0.1, 0.15) is 0 Å². The Morgan fingerprint density at radius 3 is 1.85 bits per heavy atom. The summed E-state index contributed by atoms with van der Waals surface area (Å²) in [4.78, 5) is 46.2. The third kappa shape index (κ3) is 2.16. The zero-order chi connectivity index (χ0) is 15.0. The zero-order valence-corrected chi connectivity index (χ0v) is 10.3. The summed E-state index contributed by atoms with van der Waals surface area (Å²) in [6.45, 7) is 1.44. The van der Waals surface area contributed by atoms with Crippen molar-refractivity contribution in [2.24, 2.45) is 0 Å². The first-order chi connectivity index (χ1) is 9.31. The van der Waals surface area contributed by atoms with Gasteiger partial charge in [0, 0.05) is 11.6 Å². The first kappa shape index (κ1) is 13.5. The summed E-state index contributed by atoms with van der Waals surface area (Å²) in [6.07, 6.45) is 1.11. The first-order valence-corrected chi connectivity index (χ1v) is 5.49. The Bertz CT molecular complexity index is 656. The van der Waals surface area contributed by atoms with Crippen LogP contribution in [0.4, 0.5) is 5.69 Å². The number of carbonyl (C=O) groups is 4. The molecular formula is C13H9NO6. The van der Waals surface area contributed by atoms with Crippen LogP contribution >= 0.6 is 0 Å². The molecule has 1 aliphatic heterocycles. The molecule has 20 heavy (non-hydrogen) atoms. The van der Waals surface area contributed by atoms with Crippen LogP contribution in [-0.2, 0) is 9.59 Å². The third-order valence-corrected chi connectivity index (χ3v) is 2.77. The van der Waals surface area contributed by atoms with Gasteiger partial charge in [-0.2, -0.15) is 0 Å². The largest absolute Gasteiger partial charge is 0.478 e. The lowest BCUT2D eigenvalue weighted by Crippen LogP contribution is -2.31. The smallest absolute Gasteiger partial charge is 0.335 e. The molecule has 0 bridgehead atoms. The van der Waals surface area contributed by atoms with Gasteiger partial charge in [0.25, 0.3) is 11.8 Å². The number of benzene rings is 1. The Morgan fingerprint density at radius 2 is 1.50 bits per heavy atom. The van der Waals surface area contributed by atoms with Crippen molar-refractivity contribution in [3.63, 3.8) is 0 Å². The summed E-state index contributed by atoms with van der Waals surface area (Å²) in [5, 5.41) is 17.9. The molecule has 0 saturated carbocycles. The highest BCUT2D eigenvalue weighted by molar-refractivity contribution is 6.30. The van der Waals surface area contributed by atoms with Gasteiger partial charge in [0.05, 0.1) is 16.8 Å². The van der Waals surface area contributed by atoms with E-state index in [2.05, 4.69) is 0 Å². The molecule has 0 radical (unpaired) electrons. The van der Waals surface area contributed by atoms with Crippen LogP contribution < -0.4 is 4.90 Å². The molecule has 2 N–H and O–H groups in total. The minimum absolute atomic E-state index is 0.0783. The van der Waals surface area contributed by atoms with Crippen molar-refractivity contribution in [1.82, 2.24) is 0 Å². The van der Waals surface area contributed by atoms with Gasteiger partial charge in [-0.15, -0.1) is 0 Å². The second kappa shape index (κ2) is 4.61. The van der Waals surface area contributed by atoms with Crippen LogP contribution in [0.25, 0.3) is 0 Å². The minimum atomic E-state index is -1.35. The molecule has 102 valence electrons. The van der Waals surface area contributed by atoms with E-state index in [1.165, 1.54) is 6.92 Å². The fourth-order valence-corrected chi connectivity index (χ4v) is 1.82. The predicted molar refractivity (Wildman–Crippen MR) is 66.6 cm³/mol. The van der Waals surface area contributed by atoms with Crippen molar-refractivity contribution in [3.8, 4) is 0 Å². The number of aromatic carboxylic acids is 2. The normalized spacial score (nSPS) is 14.4. The molecule has 0 saturated heterocycles. The zero-order valence-electron chi connectivity index (χ0n) is 10.3. The van der Waals surface area contributed by atoms with Gasteiger partial charge >= 0.3 is 11.9 Å². The molecular weight excluding hydrogens is 266 g/mol. The van der Waals surface area contributed by atoms with Gasteiger partial charge in [0.15, 0.2) is 0 Å². The van der Waals surface area contributed by atoms with Gasteiger partial charge in [-0.25, -0.2) is 14.5 Å². The lowest BCUT2D eigenvalue weighted by molar-refractivity contribution is -0.120. The molecule has 1 aromatic rings. The molecule has 0 aliphatic carbocycles. The highest BCUT2D eigenvalue weighted by Crippen LogP contribution is 2.25. The number of hydrogen-bond donors (Lipinski definition) is 2. The van der Waals surface area contributed by atoms with Crippen LogP contribution in [0.2, 0.25) is 0 Å². The van der Waals surface area contributed by atoms with E-state index in [-0.39, 0.29) is 22.4 Å². The number of nitrogens with zero attached hydrogens (tertiary/aromatic N) is 1. The molecule has 1 aliphatic rings. The van der Waals surface area contributed by atoms with Crippen molar-refractivity contribution >= 4 is 29.4 Å². The molecule has 7 nitrogen and oxygen atoms in total. The number of amides is 2. The van der Waals surface area contributed by atoms with E-state index < -0.39 is 23.8 Å². The fraction of sp³-hybridized carbons (Fsp3) is 0.0769. The number of carbonyl (C=O) groups excluding carboxylic acids is 2. The maximum Gasteiger partial charge on any atom is 0.335 e. The van der Waals surface area contributed by atoms with Gasteiger partial charge in [-0.1, -0.05) is 0 Å². The van der Waals surface area contributed by atoms with Crippen molar-refractivity contribution in [1.29, 1.82) is 0 Å². The highest BCUT2D eigenvalue weighted by atomic mass is 16.4. The maximum absolute atomic E-state index is 11.8. The Hall–Kier alpha value is -2.96. The maximum atomic E-state index is 11.8. The monoisotopic (exact) mass is 275 g/mol. The minimum Gasteiger partial charge on any atom is -0.478 e. The van der Waals surface area contributed by atoms with E-state index in [9.17, 15) is 19.2 Å². The molecule has 1 heterocycles. The Labute approximate surface area is 112 Å². The number of carboxylic acids is 2. The van der Waals surface area contributed by atoms with Gasteiger partial charge in [-0.05, 0) is 25.1 Å². The summed E-state index contributed by atoms with van der Waals surface area (Å²) >= 11 is 0. The van der Waals surface area contributed by atoms with Crippen molar-refractivity contribution in [2.75, 3.05) is 4.90 Å². The quantitative estimate of drug-likeness (QED) is 0.792. The van der Waals surface area contributed by atoms with Crippen LogP contribution in [0.15, 0.2) is 29.8 Å². The van der Waals surface area contributed by atoms with Crippen LogP contribution in [0.1, 0.15) is 27.6 Å². The van der Waals surface area contributed by atoms with Gasteiger partial charge < -0.3 is 10.2 Å². The molecule has 7 heteroatoms. The van der Waals surface area contributed by atoms with Crippen molar-refractivity contribution in [2.45, 2.75) is 6.92 Å². The number of anilines is 1. The third-order valence-electron chi connectivity index (χ3n) is 2.77. The molecule has 0 aromatic heterocycles. The summed E-state index contributed by atoms with van der Waals surface area (Å²) < 4.78 is 0. The van der Waals surface area contributed by atoms with E-state index in [1.807, 2.05) is 0 Å². The average Bonchev–Trinajstić information content (AvgIpc) is 2.62. The summed E-state index contributed by atoms with van der Waals surface area (Å²) in [6, 6.07) is 3.12. The van der Waals surface area contributed by atoms with E-state index in [0.717, 1.165) is 29.2 Å². The number of carboxylic acid groups (broad SMARTS) is 2. The van der Waals surface area contributed by atoms with E-state index in [4.69, 9.17) is 10.2 Å². The van der Waals surface area contributed by atoms with Gasteiger partial charge in [0.2, 0.25) is 0 Å². The van der Waals surface area contributed by atoms with E-state index >= 15 is 0 Å². The Morgan fingerprint density at radius 1 is 1.00 bits per heavy atom. The number of imide groups is 1. The lowest BCUT2D eigenvalue weighted by atomic mass is 10.1. The summed E-state index contributed by atoms with van der Waals surface area (Å²) in [5.41, 5.74) is -0.506. The Kier molecular flexibility index (Phi) is 3.11. The molecule has 2 rings (SSSR count). The summed E-state index contributed by atoms with van der Waals surface area (Å²) in [7, 11) is 0. The molecule has 1 aromatic carbocycles. The highest BCUT2D eigenvalue weighted by Gasteiger charge is 2.30. The number of hydrogen-bond acceptors (Lipinski definition) is 4. The standard InChI is InChI=1S/C13H9NO6/c1-6-2-10(15)14(11(6)16)9-4-7(12(17)18)3-8(5-9)13(19)20/h2-5H,1H3,(H,17,18)(H,19,20). The second-order valence-electron chi connectivity index (χ2n) is 4.19. The molecule has 0 unspecified atom stereocenters. The van der Waals surface area contributed by atoms with E-state index in [1.54, 1.807) is 0 Å². The average molecular weight is 275 g/mol. The molecule has 0 fully saturated rings. The predicted octanol–water partition coefficient (Wildman–Crippen LogP) is 0.902. The van der Waals surface area contributed by atoms with Crippen molar-refractivity contribution in [3.05, 3.63) is 41.0 Å². The Balaban J connectivity index is 2.57. The van der Waals surface area contributed by atoms with Crippen LogP contribution in [0.5, 0.6) is 0 Å². The van der Waals surface area contributed by atoms with Crippen molar-refractivity contribution < 1.29 is 29.4 Å². The number of rotatable bonds is 3. The van der Waals surface area contributed by atoms with Crippen LogP contribution in [0, 0.1) is 0 Å². The molecule has 2 amide bonds. The SMILES string of the molecule is CC1=CC(=O)N(c2cc(C(=O)O)cc(C(=O)O)c2)C1=O. The molecule has 0 spiro atoms.